The summed E-state index contributed by atoms with van der Waals surface area (Å²) in [4.78, 5) is 16.4. The molecule has 1 aliphatic carbocycles. The first kappa shape index (κ1) is 18.0. The minimum Gasteiger partial charge on any atom is -0.381 e. The van der Waals surface area contributed by atoms with Gasteiger partial charge in [0.05, 0.1) is 11.4 Å². The number of carbonyl (C=O) groups excluding carboxylic acids is 1. The lowest BCUT2D eigenvalue weighted by Crippen LogP contribution is -2.27. The van der Waals surface area contributed by atoms with Crippen molar-refractivity contribution in [3.05, 3.63) is 42.2 Å². The Balaban J connectivity index is 1.39. The van der Waals surface area contributed by atoms with Gasteiger partial charge in [0.2, 0.25) is 5.91 Å². The summed E-state index contributed by atoms with van der Waals surface area (Å²) >= 11 is 1.45. The van der Waals surface area contributed by atoms with E-state index in [-0.39, 0.29) is 5.91 Å². The first-order chi connectivity index (χ1) is 12.2. The Morgan fingerprint density at radius 2 is 2.24 bits per heavy atom. The molecule has 25 heavy (non-hydrogen) atoms. The standard InChI is InChI=1S/C19H25N3O2S/c1-15-5-2-3-6-17(15)22-11-10-21-19(22)25-14-18(23)20-9-4-12-24-13-16-7-8-16/h2-3,5-6,10-11,16H,4,7-9,12-14H2,1H3,(H,20,23). The van der Waals surface area contributed by atoms with Crippen LogP contribution in [0.25, 0.3) is 5.69 Å². The second-order valence-electron chi connectivity index (χ2n) is 6.38. The number of rotatable bonds is 10. The Labute approximate surface area is 153 Å². The molecule has 1 aliphatic rings. The van der Waals surface area contributed by atoms with E-state index in [1.54, 1.807) is 6.20 Å². The number of carbonyl (C=O) groups is 1. The number of benzene rings is 1. The molecule has 1 fully saturated rings. The predicted molar refractivity (Wildman–Crippen MR) is 100 cm³/mol. The lowest BCUT2D eigenvalue weighted by Gasteiger charge is -2.10. The molecular weight excluding hydrogens is 334 g/mol. The molecule has 1 aromatic heterocycles. The van der Waals surface area contributed by atoms with Gasteiger partial charge in [-0.25, -0.2) is 4.98 Å². The van der Waals surface area contributed by atoms with Crippen LogP contribution in [0.3, 0.4) is 0 Å². The number of para-hydroxylation sites is 1. The van der Waals surface area contributed by atoms with Crippen LogP contribution < -0.4 is 5.32 Å². The third-order valence-electron chi connectivity index (χ3n) is 4.15. The van der Waals surface area contributed by atoms with Crippen molar-refractivity contribution in [3.63, 3.8) is 0 Å². The highest BCUT2D eigenvalue weighted by Gasteiger charge is 2.20. The van der Waals surface area contributed by atoms with Crippen LogP contribution in [0.2, 0.25) is 0 Å². The molecule has 1 N–H and O–H groups in total. The molecule has 1 amide bonds. The quantitative estimate of drug-likeness (QED) is 0.523. The fourth-order valence-corrected chi connectivity index (χ4v) is 3.33. The molecule has 0 atom stereocenters. The van der Waals surface area contributed by atoms with E-state index >= 15 is 0 Å². The van der Waals surface area contributed by atoms with Gasteiger partial charge in [0, 0.05) is 32.2 Å². The molecule has 6 heteroatoms. The minimum atomic E-state index is 0.0338. The summed E-state index contributed by atoms with van der Waals surface area (Å²) in [6.07, 6.45) is 7.18. The molecule has 1 aromatic carbocycles. The van der Waals surface area contributed by atoms with Gasteiger partial charge in [0.25, 0.3) is 0 Å². The van der Waals surface area contributed by atoms with Gasteiger partial charge >= 0.3 is 0 Å². The summed E-state index contributed by atoms with van der Waals surface area (Å²) < 4.78 is 7.59. The van der Waals surface area contributed by atoms with Gasteiger partial charge in [0.15, 0.2) is 5.16 Å². The van der Waals surface area contributed by atoms with Crippen LogP contribution in [0.15, 0.2) is 41.8 Å². The summed E-state index contributed by atoms with van der Waals surface area (Å²) in [5.74, 6) is 1.20. The highest BCUT2D eigenvalue weighted by molar-refractivity contribution is 7.99. The molecule has 0 bridgehead atoms. The van der Waals surface area contributed by atoms with Gasteiger partial charge < -0.3 is 10.1 Å². The number of nitrogens with zero attached hydrogens (tertiary/aromatic N) is 2. The molecule has 1 heterocycles. The summed E-state index contributed by atoms with van der Waals surface area (Å²) in [6, 6.07) is 8.16. The van der Waals surface area contributed by atoms with E-state index in [1.165, 1.54) is 30.2 Å². The zero-order valence-corrected chi connectivity index (χ0v) is 15.4. The van der Waals surface area contributed by atoms with E-state index in [0.29, 0.717) is 12.3 Å². The summed E-state index contributed by atoms with van der Waals surface area (Å²) in [6.45, 7) is 4.34. The number of hydrogen-bond donors (Lipinski definition) is 1. The van der Waals surface area contributed by atoms with E-state index in [1.807, 2.05) is 22.9 Å². The minimum absolute atomic E-state index is 0.0338. The summed E-state index contributed by atoms with van der Waals surface area (Å²) in [5.41, 5.74) is 2.27. The molecule has 0 spiro atoms. The zero-order valence-electron chi connectivity index (χ0n) is 14.6. The van der Waals surface area contributed by atoms with E-state index < -0.39 is 0 Å². The molecule has 134 valence electrons. The van der Waals surface area contributed by atoms with Crippen molar-refractivity contribution in [2.75, 3.05) is 25.5 Å². The Kier molecular flexibility index (Phi) is 6.53. The fraction of sp³-hybridized carbons (Fsp3) is 0.474. The van der Waals surface area contributed by atoms with Crippen LogP contribution in [0, 0.1) is 12.8 Å². The largest absolute Gasteiger partial charge is 0.381 e. The number of hydrogen-bond acceptors (Lipinski definition) is 4. The van der Waals surface area contributed by atoms with Crippen molar-refractivity contribution in [1.82, 2.24) is 14.9 Å². The lowest BCUT2D eigenvalue weighted by atomic mass is 10.2. The van der Waals surface area contributed by atoms with Crippen molar-refractivity contribution in [2.24, 2.45) is 5.92 Å². The van der Waals surface area contributed by atoms with Crippen LogP contribution in [0.4, 0.5) is 0 Å². The Bertz CT molecular complexity index is 697. The molecule has 1 saturated carbocycles. The van der Waals surface area contributed by atoms with Crippen LogP contribution in [0.1, 0.15) is 24.8 Å². The Morgan fingerprint density at radius 3 is 3.04 bits per heavy atom. The molecule has 5 nitrogen and oxygen atoms in total. The number of imidazole rings is 1. The van der Waals surface area contributed by atoms with E-state index in [4.69, 9.17) is 4.74 Å². The maximum absolute atomic E-state index is 12.0. The van der Waals surface area contributed by atoms with Gasteiger partial charge in [-0.05, 0) is 43.7 Å². The smallest absolute Gasteiger partial charge is 0.230 e. The SMILES string of the molecule is Cc1ccccc1-n1ccnc1SCC(=O)NCCCOCC1CC1. The number of nitrogens with one attached hydrogen (secondary N) is 1. The molecule has 3 rings (SSSR count). The average molecular weight is 359 g/mol. The van der Waals surface area contributed by atoms with Crippen LogP contribution in [0.5, 0.6) is 0 Å². The van der Waals surface area contributed by atoms with E-state index in [2.05, 4.69) is 29.4 Å². The molecule has 2 aromatic rings. The normalized spacial score (nSPS) is 13.8. The van der Waals surface area contributed by atoms with Gasteiger partial charge in [-0.3, -0.25) is 9.36 Å². The number of aryl methyl sites for hydroxylation is 1. The van der Waals surface area contributed by atoms with Crippen molar-refractivity contribution in [3.8, 4) is 5.69 Å². The first-order valence-corrected chi connectivity index (χ1v) is 9.79. The van der Waals surface area contributed by atoms with Gasteiger partial charge in [-0.2, -0.15) is 0 Å². The molecule has 0 aliphatic heterocycles. The number of thioether (sulfide) groups is 1. The second-order valence-corrected chi connectivity index (χ2v) is 7.32. The highest BCUT2D eigenvalue weighted by Crippen LogP contribution is 2.28. The Hall–Kier alpha value is -1.79. The lowest BCUT2D eigenvalue weighted by molar-refractivity contribution is -0.118. The van der Waals surface area contributed by atoms with Crippen molar-refractivity contribution >= 4 is 17.7 Å². The maximum Gasteiger partial charge on any atom is 0.230 e. The topological polar surface area (TPSA) is 56.2 Å². The highest BCUT2D eigenvalue weighted by atomic mass is 32.2. The average Bonchev–Trinajstić information content (AvgIpc) is 3.32. The number of ether oxygens (including phenoxy) is 1. The second kappa shape index (κ2) is 9.06. The van der Waals surface area contributed by atoms with E-state index in [9.17, 15) is 4.79 Å². The van der Waals surface area contributed by atoms with Gasteiger partial charge in [-0.15, -0.1) is 0 Å². The molecule has 0 saturated heterocycles. The van der Waals surface area contributed by atoms with E-state index in [0.717, 1.165) is 36.4 Å². The van der Waals surface area contributed by atoms with Crippen molar-refractivity contribution in [1.29, 1.82) is 0 Å². The molecular formula is C19H25N3O2S. The van der Waals surface area contributed by atoms with Crippen LogP contribution in [-0.2, 0) is 9.53 Å². The molecule has 0 radical (unpaired) electrons. The number of aromatic nitrogens is 2. The third-order valence-corrected chi connectivity index (χ3v) is 5.12. The third kappa shape index (κ3) is 5.61. The van der Waals surface area contributed by atoms with Crippen LogP contribution >= 0.6 is 11.8 Å². The fourth-order valence-electron chi connectivity index (χ4n) is 2.53. The van der Waals surface area contributed by atoms with Gasteiger partial charge in [0.1, 0.15) is 0 Å². The van der Waals surface area contributed by atoms with Crippen molar-refractivity contribution < 1.29 is 9.53 Å². The molecule has 0 unspecified atom stereocenters. The Morgan fingerprint density at radius 1 is 1.40 bits per heavy atom. The first-order valence-electron chi connectivity index (χ1n) is 8.80. The maximum atomic E-state index is 12.0. The van der Waals surface area contributed by atoms with Crippen molar-refractivity contribution in [2.45, 2.75) is 31.3 Å². The van der Waals surface area contributed by atoms with Gasteiger partial charge in [-0.1, -0.05) is 30.0 Å². The summed E-state index contributed by atoms with van der Waals surface area (Å²) in [7, 11) is 0. The predicted octanol–water partition coefficient (Wildman–Crippen LogP) is 3.21. The van der Waals surface area contributed by atoms with Crippen LogP contribution in [-0.4, -0.2) is 41.0 Å². The monoisotopic (exact) mass is 359 g/mol. The zero-order chi connectivity index (χ0) is 17.5. The number of amides is 1. The summed E-state index contributed by atoms with van der Waals surface area (Å²) in [5, 5.41) is 3.77.